The van der Waals surface area contributed by atoms with Crippen molar-refractivity contribution >= 4 is 11.9 Å². The van der Waals surface area contributed by atoms with Crippen LogP contribution in [0.5, 0.6) is 0 Å². The molecule has 0 bridgehead atoms. The van der Waals surface area contributed by atoms with Gasteiger partial charge in [-0.15, -0.1) is 0 Å². The van der Waals surface area contributed by atoms with Gasteiger partial charge in [0, 0.05) is 12.0 Å². The molecule has 0 aliphatic rings. The van der Waals surface area contributed by atoms with Crippen LogP contribution in [0.4, 0.5) is 8.78 Å². The van der Waals surface area contributed by atoms with Crippen LogP contribution in [0.25, 0.3) is 0 Å². The van der Waals surface area contributed by atoms with E-state index in [1.165, 1.54) is 31.2 Å². The molecule has 20 heavy (non-hydrogen) atoms. The first kappa shape index (κ1) is 16.1. The first-order valence-electron chi connectivity index (χ1n) is 6.08. The van der Waals surface area contributed by atoms with Gasteiger partial charge in [0.05, 0.1) is 6.61 Å². The van der Waals surface area contributed by atoms with Crippen LogP contribution in [-0.4, -0.2) is 23.7 Å². The summed E-state index contributed by atoms with van der Waals surface area (Å²) in [6.07, 6.45) is -1.15. The fourth-order valence-corrected chi connectivity index (χ4v) is 1.75. The highest BCUT2D eigenvalue weighted by atomic mass is 19.3. The molecule has 0 radical (unpaired) electrons. The lowest BCUT2D eigenvalue weighted by atomic mass is 9.82. The number of aliphatic carboxylic acids is 1. The molecule has 4 nitrogen and oxygen atoms in total. The Bertz CT molecular complexity index is 487. The van der Waals surface area contributed by atoms with Gasteiger partial charge < -0.3 is 9.84 Å². The van der Waals surface area contributed by atoms with Gasteiger partial charge in [-0.25, -0.2) is 8.78 Å². The van der Waals surface area contributed by atoms with Gasteiger partial charge in [-0.1, -0.05) is 30.3 Å². The van der Waals surface area contributed by atoms with E-state index in [-0.39, 0.29) is 12.2 Å². The molecule has 0 spiro atoms. The summed E-state index contributed by atoms with van der Waals surface area (Å²) in [6, 6.07) is 6.79. The summed E-state index contributed by atoms with van der Waals surface area (Å²) in [6.45, 7) is 2.36. The van der Waals surface area contributed by atoms with Crippen molar-refractivity contribution in [1.82, 2.24) is 0 Å². The van der Waals surface area contributed by atoms with Crippen LogP contribution in [0.2, 0.25) is 0 Å². The normalized spacial score (nSPS) is 14.4. The molecule has 0 heterocycles. The zero-order valence-corrected chi connectivity index (χ0v) is 11.2. The average Bonchev–Trinajstić information content (AvgIpc) is 2.39. The second-order valence-corrected chi connectivity index (χ2v) is 4.60. The molecule has 0 saturated carbocycles. The zero-order chi connectivity index (χ0) is 15.4. The SMILES string of the molecule is CCOC(=O)C(C)(CC(F)(F)c1ccccc1)C(=O)O. The number of halogens is 2. The summed E-state index contributed by atoms with van der Waals surface area (Å²) in [4.78, 5) is 22.9. The maximum atomic E-state index is 14.1. The molecule has 1 rings (SSSR count). The van der Waals surface area contributed by atoms with E-state index in [1.807, 2.05) is 0 Å². The number of carboxylic acid groups (broad SMARTS) is 1. The lowest BCUT2D eigenvalue weighted by Crippen LogP contribution is -2.42. The highest BCUT2D eigenvalue weighted by Gasteiger charge is 2.51. The number of benzene rings is 1. The molecule has 1 atom stereocenters. The number of rotatable bonds is 6. The Balaban J connectivity index is 3.07. The largest absolute Gasteiger partial charge is 0.480 e. The molecule has 0 aliphatic carbocycles. The first-order valence-corrected chi connectivity index (χ1v) is 6.08. The monoisotopic (exact) mass is 286 g/mol. The molecule has 0 amide bonds. The minimum absolute atomic E-state index is 0.0708. The van der Waals surface area contributed by atoms with Gasteiger partial charge in [0.25, 0.3) is 5.92 Å². The number of carbonyl (C=O) groups excluding carboxylic acids is 1. The lowest BCUT2D eigenvalue weighted by molar-refractivity contribution is -0.175. The number of esters is 1. The third kappa shape index (κ3) is 3.31. The maximum absolute atomic E-state index is 14.1. The van der Waals surface area contributed by atoms with Crippen molar-refractivity contribution < 1.29 is 28.2 Å². The molecule has 0 aliphatic heterocycles. The second-order valence-electron chi connectivity index (χ2n) is 4.60. The molecule has 0 fully saturated rings. The molecule has 1 aromatic carbocycles. The highest BCUT2D eigenvalue weighted by Crippen LogP contribution is 2.40. The second kappa shape index (κ2) is 5.98. The standard InChI is InChI=1S/C14H16F2O4/c1-3-20-12(19)13(2,11(17)18)9-14(15,16)10-7-5-4-6-8-10/h4-8H,3,9H2,1-2H3,(H,17,18). The summed E-state index contributed by atoms with van der Waals surface area (Å²) < 4.78 is 32.9. The number of hydrogen-bond donors (Lipinski definition) is 1. The Morgan fingerprint density at radius 3 is 2.25 bits per heavy atom. The molecule has 110 valence electrons. The minimum atomic E-state index is -3.44. The number of carboxylic acids is 1. The number of carbonyl (C=O) groups is 2. The Hall–Kier alpha value is -1.98. The topological polar surface area (TPSA) is 63.6 Å². The van der Waals surface area contributed by atoms with Gasteiger partial charge in [0.15, 0.2) is 5.41 Å². The third-order valence-corrected chi connectivity index (χ3v) is 2.97. The van der Waals surface area contributed by atoms with Gasteiger partial charge >= 0.3 is 11.9 Å². The summed E-state index contributed by atoms with van der Waals surface area (Å²) >= 11 is 0. The van der Waals surface area contributed by atoms with E-state index in [0.29, 0.717) is 0 Å². The fourth-order valence-electron chi connectivity index (χ4n) is 1.75. The van der Waals surface area contributed by atoms with E-state index in [1.54, 1.807) is 6.07 Å². The Labute approximate surface area is 115 Å². The first-order chi connectivity index (χ1) is 9.24. The van der Waals surface area contributed by atoms with Crippen molar-refractivity contribution in [1.29, 1.82) is 0 Å². The van der Waals surface area contributed by atoms with Gasteiger partial charge in [0.2, 0.25) is 0 Å². The summed E-state index contributed by atoms with van der Waals surface area (Å²) in [5, 5.41) is 9.11. The van der Waals surface area contributed by atoms with Crippen LogP contribution >= 0.6 is 0 Å². The van der Waals surface area contributed by atoms with E-state index in [2.05, 4.69) is 4.74 Å². The summed E-state index contributed by atoms with van der Waals surface area (Å²) in [5.41, 5.74) is -2.63. The molecule has 0 aromatic heterocycles. The van der Waals surface area contributed by atoms with Crippen molar-refractivity contribution in [2.24, 2.45) is 5.41 Å². The van der Waals surface area contributed by atoms with Crippen molar-refractivity contribution in [2.75, 3.05) is 6.61 Å². The predicted molar refractivity (Wildman–Crippen MR) is 67.3 cm³/mol. The Morgan fingerprint density at radius 1 is 1.25 bits per heavy atom. The highest BCUT2D eigenvalue weighted by molar-refractivity contribution is 5.98. The molecule has 1 aromatic rings. The molecule has 1 N–H and O–H groups in total. The van der Waals surface area contributed by atoms with E-state index < -0.39 is 29.7 Å². The van der Waals surface area contributed by atoms with Crippen LogP contribution in [0.15, 0.2) is 30.3 Å². The lowest BCUT2D eigenvalue weighted by Gasteiger charge is -2.27. The van der Waals surface area contributed by atoms with Crippen molar-refractivity contribution in [3.05, 3.63) is 35.9 Å². The molecule has 0 saturated heterocycles. The Kier molecular flexibility index (Phi) is 4.81. The third-order valence-electron chi connectivity index (χ3n) is 2.97. The van der Waals surface area contributed by atoms with Crippen LogP contribution in [-0.2, 0) is 20.2 Å². The molecular weight excluding hydrogens is 270 g/mol. The van der Waals surface area contributed by atoms with E-state index in [0.717, 1.165) is 6.92 Å². The summed E-state index contributed by atoms with van der Waals surface area (Å²) in [7, 11) is 0. The minimum Gasteiger partial charge on any atom is -0.480 e. The van der Waals surface area contributed by atoms with Gasteiger partial charge in [0.1, 0.15) is 0 Å². The quantitative estimate of drug-likeness (QED) is 0.645. The Morgan fingerprint density at radius 2 is 1.80 bits per heavy atom. The van der Waals surface area contributed by atoms with Crippen LogP contribution in [0, 0.1) is 5.41 Å². The van der Waals surface area contributed by atoms with E-state index in [4.69, 9.17) is 5.11 Å². The number of alkyl halides is 2. The van der Waals surface area contributed by atoms with Crippen molar-refractivity contribution in [3.8, 4) is 0 Å². The molecular formula is C14H16F2O4. The fraction of sp³-hybridized carbons (Fsp3) is 0.429. The maximum Gasteiger partial charge on any atom is 0.323 e. The van der Waals surface area contributed by atoms with Crippen LogP contribution < -0.4 is 0 Å². The predicted octanol–water partition coefficient (Wildman–Crippen LogP) is 2.82. The van der Waals surface area contributed by atoms with E-state index >= 15 is 0 Å². The van der Waals surface area contributed by atoms with Gasteiger partial charge in [-0.05, 0) is 13.8 Å². The van der Waals surface area contributed by atoms with Gasteiger partial charge in [-0.3, -0.25) is 9.59 Å². The average molecular weight is 286 g/mol. The van der Waals surface area contributed by atoms with Gasteiger partial charge in [-0.2, -0.15) is 0 Å². The van der Waals surface area contributed by atoms with Crippen LogP contribution in [0.1, 0.15) is 25.8 Å². The smallest absolute Gasteiger partial charge is 0.323 e. The van der Waals surface area contributed by atoms with Crippen molar-refractivity contribution in [3.63, 3.8) is 0 Å². The summed E-state index contributed by atoms with van der Waals surface area (Å²) in [5.74, 6) is -6.24. The van der Waals surface area contributed by atoms with Crippen LogP contribution in [0.3, 0.4) is 0 Å². The van der Waals surface area contributed by atoms with E-state index in [9.17, 15) is 18.4 Å². The number of hydrogen-bond acceptors (Lipinski definition) is 3. The number of ether oxygens (including phenoxy) is 1. The zero-order valence-electron chi connectivity index (χ0n) is 11.2. The molecule has 6 heteroatoms. The van der Waals surface area contributed by atoms with Crippen molar-refractivity contribution in [2.45, 2.75) is 26.2 Å². The molecule has 1 unspecified atom stereocenters.